The zero-order valence-corrected chi connectivity index (χ0v) is 23.2. The van der Waals surface area contributed by atoms with Crippen molar-refractivity contribution in [3.05, 3.63) is 81.8 Å². The molecule has 0 saturated carbocycles. The predicted octanol–water partition coefficient (Wildman–Crippen LogP) is 5.16. The van der Waals surface area contributed by atoms with E-state index in [4.69, 9.17) is 10.1 Å². The number of benzene rings is 2. The van der Waals surface area contributed by atoms with Crippen molar-refractivity contribution in [2.24, 2.45) is 0 Å². The predicted molar refractivity (Wildman–Crippen MR) is 153 cm³/mol. The molecule has 2 aromatic carbocycles. The van der Waals surface area contributed by atoms with Crippen LogP contribution in [0.2, 0.25) is 0 Å². The van der Waals surface area contributed by atoms with Crippen LogP contribution in [0.3, 0.4) is 0 Å². The molecule has 2 atom stereocenters. The quantitative estimate of drug-likeness (QED) is 0.219. The molecule has 1 aliphatic rings. The second kappa shape index (κ2) is 12.6. The van der Waals surface area contributed by atoms with Crippen LogP contribution in [0.4, 0.5) is 4.39 Å². The van der Waals surface area contributed by atoms with Crippen molar-refractivity contribution in [1.29, 1.82) is 0 Å². The average molecular weight is 578 g/mol. The van der Waals surface area contributed by atoms with Gasteiger partial charge in [0.1, 0.15) is 5.82 Å². The molecule has 1 heterocycles. The lowest BCUT2D eigenvalue weighted by Gasteiger charge is -2.22. The maximum absolute atomic E-state index is 14.0. The van der Waals surface area contributed by atoms with Crippen LogP contribution in [-0.4, -0.2) is 60.6 Å². The summed E-state index contributed by atoms with van der Waals surface area (Å²) in [5.41, 5.74) is 4.44. The minimum absolute atomic E-state index is 0.159. The fourth-order valence-corrected chi connectivity index (χ4v) is 5.41. The summed E-state index contributed by atoms with van der Waals surface area (Å²) < 4.78 is 14.0. The van der Waals surface area contributed by atoms with E-state index in [1.54, 1.807) is 18.2 Å². The van der Waals surface area contributed by atoms with Crippen LogP contribution in [0.1, 0.15) is 82.1 Å². The maximum atomic E-state index is 14.0. The van der Waals surface area contributed by atoms with Gasteiger partial charge in [-0.15, -0.1) is 0 Å². The van der Waals surface area contributed by atoms with Gasteiger partial charge in [0, 0.05) is 17.5 Å². The number of nitrogens with zero attached hydrogens (tertiary/aromatic N) is 1. The maximum Gasteiger partial charge on any atom is 0.336 e. The summed E-state index contributed by atoms with van der Waals surface area (Å²) >= 11 is 0. The number of fused-ring (bicyclic) bond motifs is 3. The van der Waals surface area contributed by atoms with Crippen molar-refractivity contribution < 1.29 is 44.3 Å². The molecule has 5 N–H and O–H groups in total. The van der Waals surface area contributed by atoms with Crippen molar-refractivity contribution in [3.63, 3.8) is 0 Å². The number of rotatable bonds is 10. The first-order chi connectivity index (χ1) is 19.9. The highest BCUT2D eigenvalue weighted by Gasteiger charge is 2.28. The van der Waals surface area contributed by atoms with Crippen LogP contribution in [0.25, 0.3) is 28.5 Å². The molecule has 1 aromatic heterocycles. The summed E-state index contributed by atoms with van der Waals surface area (Å²) in [5.74, 6) is -4.48. The molecule has 0 amide bonds. The molecule has 0 spiro atoms. The highest BCUT2D eigenvalue weighted by Crippen LogP contribution is 2.42. The number of aromatic nitrogens is 1. The van der Waals surface area contributed by atoms with Crippen LogP contribution in [0.5, 0.6) is 0 Å². The third-order valence-electron chi connectivity index (χ3n) is 7.29. The summed E-state index contributed by atoms with van der Waals surface area (Å²) in [7, 11) is 0. The Morgan fingerprint density at radius 1 is 0.976 bits per heavy atom. The van der Waals surface area contributed by atoms with Crippen LogP contribution < -0.4 is 0 Å². The number of carbonyl (C=O) groups is 3. The van der Waals surface area contributed by atoms with E-state index < -0.39 is 42.4 Å². The molecule has 0 unspecified atom stereocenters. The van der Waals surface area contributed by atoms with E-state index in [-0.39, 0.29) is 23.5 Å². The second-order valence-corrected chi connectivity index (χ2v) is 10.7. The number of aromatic carboxylic acids is 2. The Morgan fingerprint density at radius 2 is 1.62 bits per heavy atom. The minimum atomic E-state index is -1.37. The molecule has 0 aliphatic heterocycles. The van der Waals surface area contributed by atoms with Crippen LogP contribution in [0, 0.1) is 5.82 Å². The monoisotopic (exact) mass is 577 g/mol. The van der Waals surface area contributed by atoms with Crippen molar-refractivity contribution in [2.75, 3.05) is 0 Å². The number of aryl methyl sites for hydroxylation is 1. The molecular formula is C32H32FNO8. The summed E-state index contributed by atoms with van der Waals surface area (Å²) in [6.07, 6.45) is 1.62. The Balaban J connectivity index is 1.99. The van der Waals surface area contributed by atoms with Gasteiger partial charge in [0.15, 0.2) is 0 Å². The highest BCUT2D eigenvalue weighted by atomic mass is 19.1. The molecule has 9 nitrogen and oxygen atoms in total. The standard InChI is InChI=1S/C32H32FNO8/c1-16(2)29-23(11-10-20(35)13-21(36)14-27(37)38)28(17-6-8-19(33)9-7-17)22-5-3-4-18-12-25(31(39)40)26(32(41)42)15-24(18)30(22)34-29/h6-12,15-16,20-21,35-36H,3-5,13-14H2,1-2H3,(H,37,38)(H,39,40)(H,41,42)/t20-,21-/m1/s1. The SMILES string of the molecule is CC(C)c1nc2c(c(-c3ccc(F)cc3)c1C=C[C@@H](O)C[C@@H](O)CC(=O)O)CCCc1cc(C(=O)O)c(C(=O)O)cc1-2. The van der Waals surface area contributed by atoms with Gasteiger partial charge in [0.2, 0.25) is 0 Å². The lowest BCUT2D eigenvalue weighted by Crippen LogP contribution is -2.19. The Labute approximate surface area is 241 Å². The lowest BCUT2D eigenvalue weighted by atomic mass is 9.86. The van der Waals surface area contributed by atoms with E-state index >= 15 is 0 Å². The van der Waals surface area contributed by atoms with Gasteiger partial charge in [-0.1, -0.05) is 38.1 Å². The summed E-state index contributed by atoms with van der Waals surface area (Å²) in [5, 5.41) is 49.0. The highest BCUT2D eigenvalue weighted by molar-refractivity contribution is 6.03. The zero-order chi connectivity index (χ0) is 30.7. The Hall–Kier alpha value is -4.41. The Kier molecular flexibility index (Phi) is 9.18. The second-order valence-electron chi connectivity index (χ2n) is 10.7. The first kappa shape index (κ1) is 30.5. The molecule has 4 rings (SSSR count). The van der Waals surface area contributed by atoms with E-state index in [0.717, 1.165) is 5.56 Å². The van der Waals surface area contributed by atoms with Gasteiger partial charge >= 0.3 is 17.9 Å². The minimum Gasteiger partial charge on any atom is -0.481 e. The largest absolute Gasteiger partial charge is 0.481 e. The van der Waals surface area contributed by atoms with E-state index in [0.29, 0.717) is 58.5 Å². The molecular weight excluding hydrogens is 545 g/mol. The lowest BCUT2D eigenvalue weighted by molar-refractivity contribution is -0.139. The molecule has 42 heavy (non-hydrogen) atoms. The number of aliphatic hydroxyl groups excluding tert-OH is 2. The van der Waals surface area contributed by atoms with E-state index in [9.17, 15) is 39.2 Å². The van der Waals surface area contributed by atoms with Gasteiger partial charge in [-0.3, -0.25) is 9.78 Å². The van der Waals surface area contributed by atoms with Crippen molar-refractivity contribution in [1.82, 2.24) is 4.98 Å². The van der Waals surface area contributed by atoms with Crippen LogP contribution in [0.15, 0.2) is 42.5 Å². The summed E-state index contributed by atoms with van der Waals surface area (Å²) in [6.45, 7) is 3.84. The zero-order valence-electron chi connectivity index (χ0n) is 23.2. The molecule has 220 valence electrons. The number of hydrogen-bond acceptors (Lipinski definition) is 6. The van der Waals surface area contributed by atoms with Gasteiger partial charge in [0.05, 0.1) is 41.1 Å². The van der Waals surface area contributed by atoms with Crippen molar-refractivity contribution in [3.8, 4) is 22.4 Å². The van der Waals surface area contributed by atoms with Crippen LogP contribution in [-0.2, 0) is 17.6 Å². The number of halogens is 1. The molecule has 0 radical (unpaired) electrons. The third kappa shape index (κ3) is 6.56. The number of carboxylic acids is 3. The smallest absolute Gasteiger partial charge is 0.336 e. The molecule has 1 aliphatic carbocycles. The first-order valence-electron chi connectivity index (χ1n) is 13.6. The topological polar surface area (TPSA) is 165 Å². The Bertz CT molecular complexity index is 1560. The molecule has 0 fully saturated rings. The fraction of sp³-hybridized carbons (Fsp3) is 0.312. The summed E-state index contributed by atoms with van der Waals surface area (Å²) in [6, 6.07) is 8.67. The van der Waals surface area contributed by atoms with Crippen molar-refractivity contribution in [2.45, 2.75) is 64.1 Å². The van der Waals surface area contributed by atoms with E-state index in [1.807, 2.05) is 13.8 Å². The molecule has 0 saturated heterocycles. The van der Waals surface area contributed by atoms with Gasteiger partial charge in [-0.25, -0.2) is 14.0 Å². The molecule has 0 bridgehead atoms. The Morgan fingerprint density at radius 3 is 2.21 bits per heavy atom. The van der Waals surface area contributed by atoms with E-state index in [1.165, 1.54) is 30.3 Å². The number of hydrogen-bond donors (Lipinski definition) is 5. The number of aliphatic hydroxyl groups is 2. The first-order valence-corrected chi connectivity index (χ1v) is 13.6. The number of carboxylic acid groups (broad SMARTS) is 3. The van der Waals surface area contributed by atoms with E-state index in [2.05, 4.69) is 0 Å². The van der Waals surface area contributed by atoms with Gasteiger partial charge in [-0.2, -0.15) is 0 Å². The normalized spacial score (nSPS) is 14.2. The molecule has 10 heteroatoms. The van der Waals surface area contributed by atoms with Gasteiger partial charge < -0.3 is 25.5 Å². The molecule has 3 aromatic rings. The van der Waals surface area contributed by atoms with Crippen LogP contribution >= 0.6 is 0 Å². The third-order valence-corrected chi connectivity index (χ3v) is 7.29. The van der Waals surface area contributed by atoms with Crippen molar-refractivity contribution >= 4 is 24.0 Å². The summed E-state index contributed by atoms with van der Waals surface area (Å²) in [4.78, 5) is 39.8. The number of aliphatic carboxylic acids is 1. The number of pyridine rings is 1. The fourth-order valence-electron chi connectivity index (χ4n) is 5.41. The van der Waals surface area contributed by atoms with Gasteiger partial charge in [0.25, 0.3) is 0 Å². The average Bonchev–Trinajstić information content (AvgIpc) is 3.09. The van der Waals surface area contributed by atoms with Gasteiger partial charge in [-0.05, 0) is 71.7 Å².